The Kier molecular flexibility index (Phi) is 8.51. The molecular formula is C15H34N4O2+2. The number of quaternary nitrogens is 2. The maximum atomic E-state index is 10.8. The average Bonchev–Trinajstić information content (AvgIpc) is 2.26. The Labute approximate surface area is 129 Å². The molecule has 0 atom stereocenters. The lowest BCUT2D eigenvalue weighted by molar-refractivity contribution is -0.909. The predicted octanol–water partition coefficient (Wildman–Crippen LogP) is 0.0603. The third kappa shape index (κ3) is 12.3. The summed E-state index contributed by atoms with van der Waals surface area (Å²) < 4.78 is 1.82. The number of nitrogens with zero attached hydrogens (tertiary/aromatic N) is 2. The van der Waals surface area contributed by atoms with Gasteiger partial charge >= 0.3 is 0 Å². The molecule has 0 heterocycles. The van der Waals surface area contributed by atoms with Gasteiger partial charge in [-0.1, -0.05) is 0 Å². The highest BCUT2D eigenvalue weighted by atomic mass is 16.1. The second kappa shape index (κ2) is 9.00. The lowest BCUT2D eigenvalue weighted by atomic mass is 10.2. The van der Waals surface area contributed by atoms with Crippen molar-refractivity contribution in [2.75, 3.05) is 54.4 Å². The van der Waals surface area contributed by atoms with Gasteiger partial charge in [-0.05, 0) is 0 Å². The fourth-order valence-electron chi connectivity index (χ4n) is 2.51. The highest BCUT2D eigenvalue weighted by Crippen LogP contribution is 2.08. The number of hydrogen-bond donors (Lipinski definition) is 2. The number of rotatable bonds is 12. The van der Waals surface area contributed by atoms with Crippen molar-refractivity contribution in [1.82, 2.24) is 0 Å². The van der Waals surface area contributed by atoms with E-state index in [9.17, 15) is 9.59 Å². The van der Waals surface area contributed by atoms with Crippen molar-refractivity contribution >= 4 is 11.8 Å². The molecule has 0 saturated heterocycles. The molecule has 0 aromatic heterocycles. The van der Waals surface area contributed by atoms with Crippen LogP contribution in [0, 0.1) is 0 Å². The largest absolute Gasteiger partial charge is 0.370 e. The Hall–Kier alpha value is -1.14. The van der Waals surface area contributed by atoms with Crippen molar-refractivity contribution in [2.45, 2.75) is 32.1 Å². The normalized spacial score (nSPS) is 12.4. The number of hydrogen-bond acceptors (Lipinski definition) is 2. The molecule has 0 bridgehead atoms. The van der Waals surface area contributed by atoms with Gasteiger partial charge in [-0.3, -0.25) is 9.59 Å². The van der Waals surface area contributed by atoms with E-state index >= 15 is 0 Å². The van der Waals surface area contributed by atoms with E-state index in [2.05, 4.69) is 28.2 Å². The molecule has 124 valence electrons. The second-order valence-electron chi connectivity index (χ2n) is 7.26. The van der Waals surface area contributed by atoms with E-state index in [1.165, 1.54) is 0 Å². The van der Waals surface area contributed by atoms with Crippen LogP contribution in [0.2, 0.25) is 0 Å². The molecule has 0 spiro atoms. The minimum Gasteiger partial charge on any atom is -0.370 e. The number of carbonyl (C=O) groups excluding carboxylic acids is 2. The monoisotopic (exact) mass is 302 g/mol. The van der Waals surface area contributed by atoms with Gasteiger partial charge in [-0.25, -0.2) is 0 Å². The van der Waals surface area contributed by atoms with Crippen LogP contribution in [0.15, 0.2) is 0 Å². The maximum absolute atomic E-state index is 10.8. The first-order valence-electron chi connectivity index (χ1n) is 7.75. The molecule has 2 amide bonds. The fraction of sp³-hybridized carbons (Fsp3) is 0.867. The molecule has 6 heteroatoms. The third-order valence-electron chi connectivity index (χ3n) is 3.90. The Morgan fingerprint density at radius 1 is 0.667 bits per heavy atom. The predicted molar refractivity (Wildman–Crippen MR) is 85.2 cm³/mol. The number of nitrogens with two attached hydrogens (primary N) is 2. The molecule has 0 aliphatic rings. The van der Waals surface area contributed by atoms with E-state index in [0.29, 0.717) is 12.8 Å². The molecular weight excluding hydrogens is 268 g/mol. The molecule has 6 nitrogen and oxygen atoms in total. The van der Waals surface area contributed by atoms with Gasteiger partial charge in [0.15, 0.2) is 0 Å². The first-order valence-corrected chi connectivity index (χ1v) is 7.75. The summed E-state index contributed by atoms with van der Waals surface area (Å²) in [5.41, 5.74) is 10.3. The van der Waals surface area contributed by atoms with Gasteiger partial charge in [0, 0.05) is 32.1 Å². The minimum absolute atomic E-state index is 0.220. The van der Waals surface area contributed by atoms with E-state index in [1.54, 1.807) is 0 Å². The van der Waals surface area contributed by atoms with Crippen molar-refractivity contribution in [3.05, 3.63) is 0 Å². The van der Waals surface area contributed by atoms with Crippen molar-refractivity contribution in [2.24, 2.45) is 11.5 Å². The molecule has 0 aliphatic carbocycles. The molecule has 0 aromatic carbocycles. The Morgan fingerprint density at radius 3 is 1.24 bits per heavy atom. The first kappa shape index (κ1) is 19.9. The Morgan fingerprint density at radius 2 is 0.952 bits per heavy atom. The van der Waals surface area contributed by atoms with Crippen LogP contribution in [0.3, 0.4) is 0 Å². The summed E-state index contributed by atoms with van der Waals surface area (Å²) in [5.74, 6) is -0.440. The van der Waals surface area contributed by atoms with E-state index in [1.807, 2.05) is 0 Å². The van der Waals surface area contributed by atoms with Crippen molar-refractivity contribution in [1.29, 1.82) is 0 Å². The van der Waals surface area contributed by atoms with Crippen LogP contribution < -0.4 is 11.5 Å². The van der Waals surface area contributed by atoms with Crippen LogP contribution in [-0.4, -0.2) is 75.2 Å². The Balaban J connectivity index is 3.92. The summed E-state index contributed by atoms with van der Waals surface area (Å²) in [6.07, 6.45) is 3.75. The zero-order valence-electron chi connectivity index (χ0n) is 14.2. The van der Waals surface area contributed by atoms with E-state index in [-0.39, 0.29) is 11.8 Å². The molecule has 0 fully saturated rings. The summed E-state index contributed by atoms with van der Waals surface area (Å²) in [4.78, 5) is 21.5. The highest BCUT2D eigenvalue weighted by molar-refractivity contribution is 5.73. The van der Waals surface area contributed by atoms with Crippen LogP contribution >= 0.6 is 0 Å². The summed E-state index contributed by atoms with van der Waals surface area (Å²) in [5, 5.41) is 0. The lowest BCUT2D eigenvalue weighted by Gasteiger charge is -2.33. The molecule has 0 aliphatic heterocycles. The second-order valence-corrected chi connectivity index (χ2v) is 7.26. The zero-order valence-corrected chi connectivity index (χ0v) is 14.2. The molecule has 0 radical (unpaired) electrons. The Bertz CT molecular complexity index is 309. The van der Waals surface area contributed by atoms with E-state index in [0.717, 1.165) is 54.4 Å². The van der Waals surface area contributed by atoms with Crippen molar-refractivity contribution in [3.8, 4) is 0 Å². The minimum atomic E-state index is -0.220. The summed E-state index contributed by atoms with van der Waals surface area (Å²) in [6, 6.07) is 0. The first-order chi connectivity index (χ1) is 9.54. The average molecular weight is 302 g/mol. The lowest BCUT2D eigenvalue weighted by Crippen LogP contribution is -2.46. The van der Waals surface area contributed by atoms with Gasteiger partial charge in [-0.2, -0.15) is 0 Å². The van der Waals surface area contributed by atoms with Crippen molar-refractivity contribution in [3.63, 3.8) is 0 Å². The van der Waals surface area contributed by atoms with E-state index in [4.69, 9.17) is 11.5 Å². The van der Waals surface area contributed by atoms with Crippen LogP contribution in [0.25, 0.3) is 0 Å². The SMILES string of the molecule is C[N+](C)(CCCC(N)=O)CCC[N+](C)(C)CCCC(N)=O. The summed E-state index contributed by atoms with van der Waals surface area (Å²) in [6.45, 7) is 4.10. The molecule has 0 aromatic rings. The number of primary amides is 2. The number of carbonyl (C=O) groups is 2. The summed E-state index contributed by atoms with van der Waals surface area (Å²) >= 11 is 0. The van der Waals surface area contributed by atoms with E-state index < -0.39 is 0 Å². The van der Waals surface area contributed by atoms with Gasteiger partial charge in [0.25, 0.3) is 0 Å². The fourth-order valence-corrected chi connectivity index (χ4v) is 2.51. The maximum Gasteiger partial charge on any atom is 0.217 e. The zero-order chi connectivity index (χ0) is 16.5. The topological polar surface area (TPSA) is 86.2 Å². The van der Waals surface area contributed by atoms with Crippen molar-refractivity contribution < 1.29 is 18.6 Å². The molecule has 4 N–H and O–H groups in total. The van der Waals surface area contributed by atoms with Gasteiger partial charge in [0.05, 0.1) is 54.4 Å². The molecule has 0 rings (SSSR count). The van der Waals surface area contributed by atoms with Crippen LogP contribution in [0.5, 0.6) is 0 Å². The third-order valence-corrected chi connectivity index (χ3v) is 3.90. The van der Waals surface area contributed by atoms with Crippen LogP contribution in [0.1, 0.15) is 32.1 Å². The molecule has 21 heavy (non-hydrogen) atoms. The van der Waals surface area contributed by atoms with Crippen LogP contribution in [-0.2, 0) is 9.59 Å². The summed E-state index contributed by atoms with van der Waals surface area (Å²) in [7, 11) is 8.75. The van der Waals surface area contributed by atoms with Crippen LogP contribution in [0.4, 0.5) is 0 Å². The number of amides is 2. The highest BCUT2D eigenvalue weighted by Gasteiger charge is 2.19. The van der Waals surface area contributed by atoms with Gasteiger partial charge in [-0.15, -0.1) is 0 Å². The smallest absolute Gasteiger partial charge is 0.217 e. The van der Waals surface area contributed by atoms with Gasteiger partial charge < -0.3 is 20.4 Å². The molecule has 0 unspecified atom stereocenters. The van der Waals surface area contributed by atoms with Gasteiger partial charge in [0.1, 0.15) is 0 Å². The quantitative estimate of drug-likeness (QED) is 0.500. The molecule has 0 saturated carbocycles. The van der Waals surface area contributed by atoms with Gasteiger partial charge in [0.2, 0.25) is 11.8 Å². The standard InChI is InChI=1S/C15H32N4O2/c1-18(2,10-5-8-14(16)20)12-7-13-19(3,4)11-6-9-15(17)21/h5-13H2,1-4H3,(H2-2,16,17,20,21)/p+2.